The van der Waals surface area contributed by atoms with Gasteiger partial charge in [0.25, 0.3) is 5.91 Å². The number of amides is 2. The van der Waals surface area contributed by atoms with Crippen LogP contribution in [-0.2, 0) is 36.9 Å². The number of ketones is 1. The van der Waals surface area contributed by atoms with E-state index in [1.54, 1.807) is 10.1 Å². The number of hydrogen-bond donors (Lipinski definition) is 2. The molecule has 40 heavy (non-hydrogen) atoms. The zero-order chi connectivity index (χ0) is 27.4. The number of ether oxygens (including phenoxy) is 1. The molecule has 2 aromatic rings. The molecule has 0 unspecified atom stereocenters. The minimum atomic E-state index is -0.799. The summed E-state index contributed by atoms with van der Waals surface area (Å²) in [5.74, 6) is -1.13. The number of thioether (sulfide) groups is 2. The summed E-state index contributed by atoms with van der Waals surface area (Å²) in [7, 11) is 3.90. The maximum absolute atomic E-state index is 13.1. The molecule has 4 rings (SSSR count). The molecule has 3 N–H and O–H groups in total. The molecule has 0 aliphatic carbocycles. The van der Waals surface area contributed by atoms with E-state index in [2.05, 4.69) is 25.8 Å². The number of Topliss-reactive ketones (excluding diaryl/α,β-unsaturated/α-hetero) is 1. The molecule has 2 amide bonds. The number of tetrazole rings is 1. The Balaban J connectivity index is 0.00000280. The van der Waals surface area contributed by atoms with Gasteiger partial charge >= 0.3 is 5.97 Å². The molecule has 4 heterocycles. The van der Waals surface area contributed by atoms with Crippen LogP contribution >= 0.6 is 59.7 Å². The first-order valence-electron chi connectivity index (χ1n) is 11.5. The van der Waals surface area contributed by atoms with E-state index in [0.29, 0.717) is 39.6 Å². The Morgan fingerprint density at radius 3 is 2.70 bits per heavy atom. The van der Waals surface area contributed by atoms with Gasteiger partial charge in [0.1, 0.15) is 23.7 Å². The summed E-state index contributed by atoms with van der Waals surface area (Å²) in [5, 5.41) is 16.7. The Labute approximate surface area is 255 Å². The van der Waals surface area contributed by atoms with Crippen LogP contribution in [-0.4, -0.2) is 109 Å². The van der Waals surface area contributed by atoms with E-state index in [4.69, 9.17) is 10.5 Å². The number of aromatic nitrogens is 5. The monoisotopic (exact) mass is 653 g/mol. The molecule has 1 saturated heterocycles. The lowest BCUT2D eigenvalue weighted by molar-refractivity contribution is -0.154. The lowest BCUT2D eigenvalue weighted by atomic mass is 10.0. The minimum absolute atomic E-state index is 0. The van der Waals surface area contributed by atoms with Crippen molar-refractivity contribution >= 4 is 88.4 Å². The zero-order valence-electron chi connectivity index (χ0n) is 21.8. The third kappa shape index (κ3) is 8.07. The average Bonchev–Trinajstić information content (AvgIpc) is 3.50. The number of likely N-dealkylation sites (N-methyl/N-ethyl adjacent to an activating group) is 1. The van der Waals surface area contributed by atoms with Gasteiger partial charge in [-0.2, -0.15) is 0 Å². The average molecular weight is 655 g/mol. The molecule has 2 atom stereocenters. The van der Waals surface area contributed by atoms with Crippen LogP contribution in [0.1, 0.15) is 12.6 Å². The maximum Gasteiger partial charge on any atom is 0.355 e. The number of nitrogens with two attached hydrogens (primary N) is 1. The Morgan fingerprint density at radius 1 is 1.30 bits per heavy atom. The highest BCUT2D eigenvalue weighted by molar-refractivity contribution is 8.01. The van der Waals surface area contributed by atoms with Crippen LogP contribution in [0.25, 0.3) is 0 Å². The van der Waals surface area contributed by atoms with E-state index in [-0.39, 0.29) is 48.6 Å². The van der Waals surface area contributed by atoms with Crippen molar-refractivity contribution in [3.63, 3.8) is 0 Å². The van der Waals surface area contributed by atoms with Crippen LogP contribution in [0.4, 0.5) is 5.13 Å². The van der Waals surface area contributed by atoms with Gasteiger partial charge in [-0.15, -0.1) is 53.0 Å². The van der Waals surface area contributed by atoms with Gasteiger partial charge < -0.3 is 20.7 Å². The van der Waals surface area contributed by atoms with Crippen LogP contribution in [0.2, 0.25) is 0 Å². The number of nitrogens with one attached hydrogen (secondary N) is 1. The molecule has 0 spiro atoms. The highest BCUT2D eigenvalue weighted by atomic mass is 35.5. The van der Waals surface area contributed by atoms with E-state index >= 15 is 0 Å². The number of anilines is 1. The van der Waals surface area contributed by atoms with E-state index in [1.165, 1.54) is 46.7 Å². The standard InChI is InChI=1S/C21H27N9O5S3.2ClH/c1-11(31)7-35-19(34)16-12(9-38-21-25-26-27-29(21)5-4-28(2)3)8-36-18-15(17(33)30(16)18)24-14(32)6-13-10-37-20(22)23-13;;/h10,15,18H,4-9H2,1-3H3,(H2,22,23)(H,24,32);2*1H/t15-,18+;;/m1../s1. The molecule has 19 heteroatoms. The third-order valence-electron chi connectivity index (χ3n) is 5.51. The summed E-state index contributed by atoms with van der Waals surface area (Å²) >= 11 is 4.00. The van der Waals surface area contributed by atoms with Gasteiger partial charge in [0.05, 0.1) is 18.7 Å². The van der Waals surface area contributed by atoms with E-state index < -0.39 is 29.9 Å². The topological polar surface area (TPSA) is 179 Å². The Kier molecular flexibility index (Phi) is 12.6. The van der Waals surface area contributed by atoms with E-state index in [1.807, 2.05) is 19.0 Å². The van der Waals surface area contributed by atoms with Gasteiger partial charge in [-0.3, -0.25) is 19.3 Å². The molecular formula is C21H29Cl2N9O5S3. The Morgan fingerprint density at radius 2 is 2.05 bits per heavy atom. The van der Waals surface area contributed by atoms with Crippen LogP contribution in [0.3, 0.4) is 0 Å². The third-order valence-corrected chi connectivity index (χ3v) is 8.61. The Hall–Kier alpha value is -2.44. The quantitative estimate of drug-likeness (QED) is 0.181. The second kappa shape index (κ2) is 15.0. The van der Waals surface area contributed by atoms with Crippen LogP contribution in [0.15, 0.2) is 21.8 Å². The molecule has 2 aromatic heterocycles. The van der Waals surface area contributed by atoms with Crippen molar-refractivity contribution < 1.29 is 23.9 Å². The summed E-state index contributed by atoms with van der Waals surface area (Å²) in [6.07, 6.45) is -0.0113. The summed E-state index contributed by atoms with van der Waals surface area (Å²) in [6, 6.07) is -0.799. The molecule has 0 radical (unpaired) electrons. The van der Waals surface area contributed by atoms with Crippen molar-refractivity contribution in [3.05, 3.63) is 22.3 Å². The van der Waals surface area contributed by atoms with Crippen molar-refractivity contribution in [1.82, 2.24) is 40.3 Å². The Bertz CT molecular complexity index is 1270. The number of fused-ring (bicyclic) bond motifs is 1. The van der Waals surface area contributed by atoms with Crippen molar-refractivity contribution in [3.8, 4) is 0 Å². The fourth-order valence-electron chi connectivity index (χ4n) is 3.70. The highest BCUT2D eigenvalue weighted by Crippen LogP contribution is 2.41. The van der Waals surface area contributed by atoms with Crippen LogP contribution in [0, 0.1) is 0 Å². The predicted molar refractivity (Wildman–Crippen MR) is 156 cm³/mol. The molecule has 1 fully saturated rings. The number of hydrogen-bond acceptors (Lipinski definition) is 14. The fraction of sp³-hybridized carbons (Fsp3) is 0.524. The molecular weight excluding hydrogens is 625 g/mol. The lowest BCUT2D eigenvalue weighted by Gasteiger charge is -2.49. The maximum atomic E-state index is 13.1. The van der Waals surface area contributed by atoms with Gasteiger partial charge in [0, 0.05) is 23.4 Å². The number of β-lactam (4-membered cyclic amide) rings is 1. The van der Waals surface area contributed by atoms with Crippen LogP contribution in [0.5, 0.6) is 0 Å². The van der Waals surface area contributed by atoms with Gasteiger partial charge in [0.2, 0.25) is 11.1 Å². The second-order valence-corrected chi connectivity index (χ2v) is 11.8. The van der Waals surface area contributed by atoms with Gasteiger partial charge in [-0.05, 0) is 37.0 Å². The number of nitrogens with zero attached hydrogens (tertiary/aromatic N) is 7. The van der Waals surface area contributed by atoms with Gasteiger partial charge in [0.15, 0.2) is 10.9 Å². The molecule has 220 valence electrons. The van der Waals surface area contributed by atoms with Crippen molar-refractivity contribution in [2.45, 2.75) is 36.5 Å². The summed E-state index contributed by atoms with van der Waals surface area (Å²) in [5.41, 5.74) is 6.89. The smallest absolute Gasteiger partial charge is 0.355 e. The molecule has 0 saturated carbocycles. The summed E-state index contributed by atoms with van der Waals surface area (Å²) < 4.78 is 6.86. The predicted octanol–water partition coefficient (Wildman–Crippen LogP) is 0.238. The highest BCUT2D eigenvalue weighted by Gasteiger charge is 2.54. The minimum Gasteiger partial charge on any atom is -0.453 e. The molecule has 2 aliphatic rings. The van der Waals surface area contributed by atoms with Gasteiger partial charge in [-0.25, -0.2) is 14.5 Å². The number of rotatable bonds is 12. The second-order valence-electron chi connectivity index (χ2n) is 8.82. The fourth-order valence-corrected chi connectivity index (χ4v) is 6.65. The number of halogens is 2. The van der Waals surface area contributed by atoms with Crippen molar-refractivity contribution in [2.75, 3.05) is 44.5 Å². The zero-order valence-corrected chi connectivity index (χ0v) is 25.8. The SMILES string of the molecule is CC(=O)COC(=O)C1=C(CSc2nnnn2CCN(C)C)CS[C@H]2[C@H](NC(=O)Cc3csc(N)n3)C(=O)N12.Cl.Cl. The van der Waals surface area contributed by atoms with E-state index in [9.17, 15) is 19.2 Å². The first-order valence-corrected chi connectivity index (χ1v) is 14.4. The number of carbonyl (C=O) groups excluding carboxylic acids is 4. The number of thiazole rings is 1. The molecule has 14 nitrogen and oxygen atoms in total. The van der Waals surface area contributed by atoms with Crippen LogP contribution < -0.4 is 11.1 Å². The molecule has 0 aromatic carbocycles. The van der Waals surface area contributed by atoms with Gasteiger partial charge in [-0.1, -0.05) is 11.8 Å². The normalized spacial score (nSPS) is 17.9. The van der Waals surface area contributed by atoms with Crippen molar-refractivity contribution in [1.29, 1.82) is 0 Å². The first kappa shape index (κ1) is 33.8. The lowest BCUT2D eigenvalue weighted by Crippen LogP contribution is -2.70. The number of esters is 1. The number of nitrogen functional groups attached to an aromatic ring is 1. The van der Waals surface area contributed by atoms with E-state index in [0.717, 1.165) is 6.54 Å². The summed E-state index contributed by atoms with van der Waals surface area (Å²) in [4.78, 5) is 57.5. The largest absolute Gasteiger partial charge is 0.453 e. The van der Waals surface area contributed by atoms with Crippen molar-refractivity contribution in [2.24, 2.45) is 0 Å². The molecule has 0 bridgehead atoms. The molecule has 2 aliphatic heterocycles. The first-order chi connectivity index (χ1) is 18.1. The number of carbonyl (C=O) groups is 4. The summed E-state index contributed by atoms with van der Waals surface area (Å²) in [6.45, 7) is 2.24.